The zero-order valence-electron chi connectivity index (χ0n) is 9.25. The van der Waals surface area contributed by atoms with Crippen molar-refractivity contribution in [3.8, 4) is 0 Å². The average Bonchev–Trinajstić information content (AvgIpc) is 2.41. The molecule has 2 aromatic rings. The summed E-state index contributed by atoms with van der Waals surface area (Å²) in [6, 6.07) is 10.9. The molecule has 1 aromatic carbocycles. The number of hydrogen-bond donors (Lipinski definition) is 2. The maximum atomic E-state index is 8.73. The highest BCUT2D eigenvalue weighted by molar-refractivity contribution is 7.99. The van der Waals surface area contributed by atoms with E-state index in [4.69, 9.17) is 22.5 Å². The highest BCUT2D eigenvalue weighted by atomic mass is 35.5. The molecule has 6 heteroatoms. The van der Waals surface area contributed by atoms with Crippen molar-refractivity contribution in [2.75, 3.05) is 0 Å². The second-order valence-corrected chi connectivity index (χ2v) is 4.81. The molecular weight excluding hydrogens is 270 g/mol. The maximum Gasteiger partial charge on any atom is 0.172 e. The summed E-state index contributed by atoms with van der Waals surface area (Å²) in [5.74, 6) is 0.0256. The molecular formula is C12H10ClN3OS. The fourth-order valence-electron chi connectivity index (χ4n) is 1.35. The van der Waals surface area contributed by atoms with E-state index in [1.54, 1.807) is 24.4 Å². The minimum absolute atomic E-state index is 0.0256. The predicted molar refractivity (Wildman–Crippen MR) is 72.3 cm³/mol. The lowest BCUT2D eigenvalue weighted by molar-refractivity contribution is 0.318. The molecule has 2 rings (SSSR count). The van der Waals surface area contributed by atoms with Gasteiger partial charge in [-0.3, -0.25) is 0 Å². The number of amidine groups is 1. The van der Waals surface area contributed by atoms with E-state index in [1.807, 2.05) is 18.2 Å². The first-order valence-electron chi connectivity index (χ1n) is 5.07. The molecule has 0 aliphatic carbocycles. The molecule has 0 atom stereocenters. The minimum Gasteiger partial charge on any atom is -0.409 e. The van der Waals surface area contributed by atoms with E-state index in [1.165, 1.54) is 11.8 Å². The van der Waals surface area contributed by atoms with Gasteiger partial charge >= 0.3 is 0 Å². The van der Waals surface area contributed by atoms with Gasteiger partial charge in [0.1, 0.15) is 5.03 Å². The highest BCUT2D eigenvalue weighted by Crippen LogP contribution is 2.33. The SMILES string of the molecule is N/C(=N\O)c1cccnc1Sc1ccccc1Cl. The molecule has 0 fully saturated rings. The van der Waals surface area contributed by atoms with E-state index in [-0.39, 0.29) is 5.84 Å². The van der Waals surface area contributed by atoms with E-state index in [0.717, 1.165) is 4.90 Å². The first-order chi connectivity index (χ1) is 8.72. The van der Waals surface area contributed by atoms with Crippen LogP contribution in [-0.2, 0) is 0 Å². The number of oxime groups is 1. The van der Waals surface area contributed by atoms with Gasteiger partial charge in [-0.2, -0.15) is 0 Å². The van der Waals surface area contributed by atoms with Gasteiger partial charge in [-0.05, 0) is 24.3 Å². The molecule has 1 heterocycles. The minimum atomic E-state index is 0.0256. The molecule has 1 aromatic heterocycles. The van der Waals surface area contributed by atoms with Crippen LogP contribution in [0.25, 0.3) is 0 Å². The van der Waals surface area contributed by atoms with Crippen LogP contribution in [0.3, 0.4) is 0 Å². The monoisotopic (exact) mass is 279 g/mol. The second kappa shape index (κ2) is 5.75. The number of rotatable bonds is 3. The van der Waals surface area contributed by atoms with Crippen molar-refractivity contribution >= 4 is 29.2 Å². The molecule has 0 unspecified atom stereocenters. The van der Waals surface area contributed by atoms with Crippen LogP contribution in [0.15, 0.2) is 57.7 Å². The van der Waals surface area contributed by atoms with Crippen LogP contribution in [0.1, 0.15) is 5.56 Å². The first-order valence-corrected chi connectivity index (χ1v) is 6.27. The number of nitrogens with two attached hydrogens (primary N) is 1. The predicted octanol–water partition coefficient (Wildman–Crippen LogP) is 2.98. The number of benzene rings is 1. The summed E-state index contributed by atoms with van der Waals surface area (Å²) >= 11 is 7.45. The van der Waals surface area contributed by atoms with Crippen molar-refractivity contribution in [1.82, 2.24) is 4.98 Å². The van der Waals surface area contributed by atoms with Crippen LogP contribution >= 0.6 is 23.4 Å². The molecule has 0 amide bonds. The smallest absolute Gasteiger partial charge is 0.172 e. The number of aromatic nitrogens is 1. The third-order valence-corrected chi connectivity index (χ3v) is 3.73. The van der Waals surface area contributed by atoms with Crippen LogP contribution < -0.4 is 5.73 Å². The zero-order chi connectivity index (χ0) is 13.0. The molecule has 0 saturated carbocycles. The second-order valence-electron chi connectivity index (χ2n) is 3.37. The summed E-state index contributed by atoms with van der Waals surface area (Å²) in [7, 11) is 0. The van der Waals surface area contributed by atoms with Gasteiger partial charge in [0.15, 0.2) is 5.84 Å². The van der Waals surface area contributed by atoms with Crippen molar-refractivity contribution in [3.05, 3.63) is 53.2 Å². The van der Waals surface area contributed by atoms with Gasteiger partial charge in [-0.1, -0.05) is 40.7 Å². The number of nitrogens with zero attached hydrogens (tertiary/aromatic N) is 2. The Morgan fingerprint density at radius 1 is 1.28 bits per heavy atom. The third-order valence-electron chi connectivity index (χ3n) is 2.20. The lowest BCUT2D eigenvalue weighted by Gasteiger charge is -2.07. The van der Waals surface area contributed by atoms with Gasteiger partial charge in [-0.25, -0.2) is 4.98 Å². The number of pyridine rings is 1. The number of hydrogen-bond acceptors (Lipinski definition) is 4. The van der Waals surface area contributed by atoms with Crippen LogP contribution in [-0.4, -0.2) is 16.0 Å². The summed E-state index contributed by atoms with van der Waals surface area (Å²) in [6.45, 7) is 0. The summed E-state index contributed by atoms with van der Waals surface area (Å²) < 4.78 is 0. The van der Waals surface area contributed by atoms with Gasteiger partial charge < -0.3 is 10.9 Å². The Kier molecular flexibility index (Phi) is 4.07. The Morgan fingerprint density at radius 3 is 2.78 bits per heavy atom. The van der Waals surface area contributed by atoms with E-state index >= 15 is 0 Å². The van der Waals surface area contributed by atoms with E-state index < -0.39 is 0 Å². The van der Waals surface area contributed by atoms with Crippen LogP contribution in [0.4, 0.5) is 0 Å². The van der Waals surface area contributed by atoms with Crippen molar-refractivity contribution in [2.45, 2.75) is 9.92 Å². The van der Waals surface area contributed by atoms with E-state index in [2.05, 4.69) is 10.1 Å². The largest absolute Gasteiger partial charge is 0.409 e. The fourth-order valence-corrected chi connectivity index (χ4v) is 2.52. The van der Waals surface area contributed by atoms with Gasteiger partial charge in [-0.15, -0.1) is 0 Å². The average molecular weight is 280 g/mol. The molecule has 4 nitrogen and oxygen atoms in total. The molecule has 0 bridgehead atoms. The third kappa shape index (κ3) is 2.75. The summed E-state index contributed by atoms with van der Waals surface area (Å²) in [6.07, 6.45) is 1.65. The van der Waals surface area contributed by atoms with Crippen molar-refractivity contribution in [1.29, 1.82) is 0 Å². The van der Waals surface area contributed by atoms with Crippen molar-refractivity contribution < 1.29 is 5.21 Å². The summed E-state index contributed by atoms with van der Waals surface area (Å²) in [5, 5.41) is 13.0. The first kappa shape index (κ1) is 12.7. The topological polar surface area (TPSA) is 71.5 Å². The standard InChI is InChI=1S/C12H10ClN3OS/c13-9-5-1-2-6-10(9)18-12-8(11(14)16-17)4-3-7-15-12/h1-7,17H,(H2,14,16). The molecule has 3 N–H and O–H groups in total. The van der Waals surface area contributed by atoms with Crippen molar-refractivity contribution in [3.63, 3.8) is 0 Å². The Bertz CT molecular complexity index is 589. The normalized spacial score (nSPS) is 11.5. The van der Waals surface area contributed by atoms with Crippen LogP contribution in [0.5, 0.6) is 0 Å². The molecule has 0 saturated heterocycles. The van der Waals surface area contributed by atoms with Gasteiger partial charge in [0.25, 0.3) is 0 Å². The maximum absolute atomic E-state index is 8.73. The van der Waals surface area contributed by atoms with E-state index in [9.17, 15) is 0 Å². The lowest BCUT2D eigenvalue weighted by atomic mass is 10.3. The Morgan fingerprint density at radius 2 is 2.06 bits per heavy atom. The highest BCUT2D eigenvalue weighted by Gasteiger charge is 2.10. The van der Waals surface area contributed by atoms with Gasteiger partial charge in [0, 0.05) is 11.1 Å². The van der Waals surface area contributed by atoms with Gasteiger partial charge in [0.05, 0.1) is 10.6 Å². The lowest BCUT2D eigenvalue weighted by Crippen LogP contribution is -2.14. The fraction of sp³-hybridized carbons (Fsp3) is 0. The molecule has 0 aliphatic heterocycles. The quantitative estimate of drug-likeness (QED) is 0.392. The molecule has 92 valence electrons. The van der Waals surface area contributed by atoms with Crippen LogP contribution in [0, 0.1) is 0 Å². The summed E-state index contributed by atoms with van der Waals surface area (Å²) in [4.78, 5) is 5.08. The van der Waals surface area contributed by atoms with Crippen molar-refractivity contribution in [2.24, 2.45) is 10.9 Å². The zero-order valence-corrected chi connectivity index (χ0v) is 10.8. The Hall–Kier alpha value is -1.72. The molecule has 0 spiro atoms. The molecule has 18 heavy (non-hydrogen) atoms. The molecule has 0 radical (unpaired) electrons. The van der Waals surface area contributed by atoms with E-state index in [0.29, 0.717) is 15.6 Å². The summed E-state index contributed by atoms with van der Waals surface area (Å²) in [5.41, 5.74) is 6.17. The Balaban J connectivity index is 2.38. The van der Waals surface area contributed by atoms with Crippen LogP contribution in [0.2, 0.25) is 5.02 Å². The Labute approximate surface area is 113 Å². The molecule has 0 aliphatic rings. The number of halogens is 1. The van der Waals surface area contributed by atoms with Gasteiger partial charge in [0.2, 0.25) is 0 Å².